The van der Waals surface area contributed by atoms with Gasteiger partial charge in [0.05, 0.1) is 12.2 Å². The lowest BCUT2D eigenvalue weighted by Crippen LogP contribution is -2.24. The van der Waals surface area contributed by atoms with Gasteiger partial charge in [0.1, 0.15) is 0 Å². The largest absolute Gasteiger partial charge is 0.348 e. The van der Waals surface area contributed by atoms with E-state index in [4.69, 9.17) is 5.10 Å². The number of hydrogen-bond donors (Lipinski definition) is 1. The minimum absolute atomic E-state index is 0.0545. The number of aromatic nitrogens is 2. The van der Waals surface area contributed by atoms with Gasteiger partial charge in [0.15, 0.2) is 0 Å². The molecule has 0 aliphatic heterocycles. The Bertz CT molecular complexity index is 1160. The van der Waals surface area contributed by atoms with Crippen molar-refractivity contribution < 1.29 is 4.79 Å². The van der Waals surface area contributed by atoms with Crippen molar-refractivity contribution in [1.29, 1.82) is 0 Å². The summed E-state index contributed by atoms with van der Waals surface area (Å²) in [6.45, 7) is 5.25. The Morgan fingerprint density at radius 2 is 1.45 bits per heavy atom. The van der Waals surface area contributed by atoms with Gasteiger partial charge < -0.3 is 5.32 Å². The summed E-state index contributed by atoms with van der Waals surface area (Å²) in [4.78, 5) is 13.0. The molecule has 0 aliphatic carbocycles. The number of aryl methyl sites for hydroxylation is 1. The van der Waals surface area contributed by atoms with E-state index in [9.17, 15) is 4.79 Å². The van der Waals surface area contributed by atoms with Crippen LogP contribution >= 0.6 is 0 Å². The second-order valence-corrected chi connectivity index (χ2v) is 7.79. The van der Waals surface area contributed by atoms with Gasteiger partial charge in [-0.15, -0.1) is 0 Å². The Morgan fingerprint density at radius 3 is 2.16 bits per heavy atom. The molecule has 0 radical (unpaired) electrons. The van der Waals surface area contributed by atoms with Gasteiger partial charge in [-0.1, -0.05) is 78.9 Å². The fraction of sp³-hybridized carbons (Fsp3) is 0.185. The van der Waals surface area contributed by atoms with E-state index in [1.807, 2.05) is 72.3 Å². The summed E-state index contributed by atoms with van der Waals surface area (Å²) in [5.41, 5.74) is 7.25. The van der Waals surface area contributed by atoms with Gasteiger partial charge in [-0.05, 0) is 43.0 Å². The molecule has 0 aliphatic rings. The molecule has 1 heterocycles. The monoisotopic (exact) mass is 409 g/mol. The van der Waals surface area contributed by atoms with Crippen molar-refractivity contribution in [1.82, 2.24) is 15.1 Å². The SMILES string of the molecule is Cc1nn(Cc2ccccc2)c(C)c1CNC(=O)c1ccccc1Cc1ccccc1. The second-order valence-electron chi connectivity index (χ2n) is 7.79. The van der Waals surface area contributed by atoms with E-state index < -0.39 is 0 Å². The Balaban J connectivity index is 1.47. The molecule has 4 rings (SSSR count). The van der Waals surface area contributed by atoms with Crippen molar-refractivity contribution in [2.45, 2.75) is 33.4 Å². The molecule has 0 fully saturated rings. The molecule has 4 nitrogen and oxygen atoms in total. The van der Waals surface area contributed by atoms with Crippen LogP contribution < -0.4 is 5.32 Å². The quantitative estimate of drug-likeness (QED) is 0.463. The van der Waals surface area contributed by atoms with E-state index in [0.29, 0.717) is 6.54 Å². The van der Waals surface area contributed by atoms with Gasteiger partial charge in [-0.3, -0.25) is 9.48 Å². The maximum atomic E-state index is 13.0. The molecular formula is C27H27N3O. The normalized spacial score (nSPS) is 10.8. The van der Waals surface area contributed by atoms with E-state index in [2.05, 4.69) is 36.5 Å². The zero-order valence-corrected chi connectivity index (χ0v) is 18.0. The smallest absolute Gasteiger partial charge is 0.251 e. The van der Waals surface area contributed by atoms with Crippen LogP contribution in [0, 0.1) is 13.8 Å². The van der Waals surface area contributed by atoms with Crippen molar-refractivity contribution in [2.24, 2.45) is 0 Å². The van der Waals surface area contributed by atoms with Crippen LogP contribution in [-0.4, -0.2) is 15.7 Å². The zero-order chi connectivity index (χ0) is 21.6. The molecule has 4 heteroatoms. The third-order valence-electron chi connectivity index (χ3n) is 5.63. The van der Waals surface area contributed by atoms with Gasteiger partial charge in [0, 0.05) is 23.4 Å². The first-order valence-corrected chi connectivity index (χ1v) is 10.6. The van der Waals surface area contributed by atoms with E-state index in [1.54, 1.807) is 0 Å². The molecule has 3 aromatic carbocycles. The number of hydrogen-bond acceptors (Lipinski definition) is 2. The summed E-state index contributed by atoms with van der Waals surface area (Å²) in [5, 5.41) is 7.80. The minimum Gasteiger partial charge on any atom is -0.348 e. The molecule has 0 unspecified atom stereocenters. The number of amides is 1. The molecule has 0 atom stereocenters. The first kappa shape index (κ1) is 20.6. The molecule has 0 saturated heterocycles. The highest BCUT2D eigenvalue weighted by Crippen LogP contribution is 2.17. The molecule has 1 amide bonds. The maximum absolute atomic E-state index is 13.0. The van der Waals surface area contributed by atoms with Gasteiger partial charge in [-0.25, -0.2) is 0 Å². The summed E-state index contributed by atoms with van der Waals surface area (Å²) < 4.78 is 2.01. The highest BCUT2D eigenvalue weighted by atomic mass is 16.1. The summed E-state index contributed by atoms with van der Waals surface area (Å²) in [7, 11) is 0. The number of carbonyl (C=O) groups is 1. The van der Waals surface area contributed by atoms with Crippen LogP contribution in [0.3, 0.4) is 0 Å². The van der Waals surface area contributed by atoms with Crippen LogP contribution in [0.5, 0.6) is 0 Å². The predicted molar refractivity (Wildman–Crippen MR) is 124 cm³/mol. The average Bonchev–Trinajstić information content (AvgIpc) is 3.06. The Morgan fingerprint density at radius 1 is 0.839 bits per heavy atom. The minimum atomic E-state index is -0.0545. The summed E-state index contributed by atoms with van der Waals surface area (Å²) in [6.07, 6.45) is 0.734. The fourth-order valence-electron chi connectivity index (χ4n) is 3.88. The zero-order valence-electron chi connectivity index (χ0n) is 18.0. The predicted octanol–water partition coefficient (Wildman–Crippen LogP) is 5.07. The van der Waals surface area contributed by atoms with Gasteiger partial charge in [0.2, 0.25) is 0 Å². The molecule has 0 saturated carbocycles. The summed E-state index contributed by atoms with van der Waals surface area (Å²) in [5.74, 6) is -0.0545. The van der Waals surface area contributed by atoms with E-state index in [0.717, 1.165) is 41.0 Å². The average molecular weight is 410 g/mol. The molecule has 0 bridgehead atoms. The van der Waals surface area contributed by atoms with Gasteiger partial charge >= 0.3 is 0 Å². The molecule has 156 valence electrons. The maximum Gasteiger partial charge on any atom is 0.251 e. The number of nitrogens with zero attached hydrogens (tertiary/aromatic N) is 2. The number of carbonyl (C=O) groups excluding carboxylic acids is 1. The Hall–Kier alpha value is -3.66. The van der Waals surface area contributed by atoms with Crippen molar-refractivity contribution in [3.05, 3.63) is 124 Å². The van der Waals surface area contributed by atoms with Crippen molar-refractivity contribution >= 4 is 5.91 Å². The lowest BCUT2D eigenvalue weighted by atomic mass is 9.99. The van der Waals surface area contributed by atoms with Crippen molar-refractivity contribution in [3.8, 4) is 0 Å². The van der Waals surface area contributed by atoms with Crippen LogP contribution in [0.15, 0.2) is 84.9 Å². The van der Waals surface area contributed by atoms with Crippen LogP contribution in [0.4, 0.5) is 0 Å². The van der Waals surface area contributed by atoms with Gasteiger partial charge in [0.25, 0.3) is 5.91 Å². The number of nitrogens with one attached hydrogen (secondary N) is 1. The third kappa shape index (κ3) is 4.92. The Kier molecular flexibility index (Phi) is 6.27. The molecule has 1 N–H and O–H groups in total. The summed E-state index contributed by atoms with van der Waals surface area (Å²) >= 11 is 0. The molecule has 0 spiro atoms. The van der Waals surface area contributed by atoms with Crippen molar-refractivity contribution in [2.75, 3.05) is 0 Å². The van der Waals surface area contributed by atoms with Crippen LogP contribution in [0.1, 0.15) is 44.0 Å². The summed E-state index contributed by atoms with van der Waals surface area (Å²) in [6, 6.07) is 28.3. The van der Waals surface area contributed by atoms with E-state index >= 15 is 0 Å². The first-order chi connectivity index (χ1) is 15.1. The third-order valence-corrected chi connectivity index (χ3v) is 5.63. The molecule has 4 aromatic rings. The standard InChI is InChI=1S/C27H27N3O/c1-20-26(21(2)30(29-20)19-23-13-7-4-8-14-23)18-28-27(31)25-16-10-9-15-24(25)17-22-11-5-3-6-12-22/h3-16H,17-19H2,1-2H3,(H,28,31). The van der Waals surface area contributed by atoms with Gasteiger partial charge in [-0.2, -0.15) is 5.10 Å². The highest BCUT2D eigenvalue weighted by Gasteiger charge is 2.15. The lowest BCUT2D eigenvalue weighted by molar-refractivity contribution is 0.0950. The molecular weight excluding hydrogens is 382 g/mol. The van der Waals surface area contributed by atoms with Crippen molar-refractivity contribution in [3.63, 3.8) is 0 Å². The van der Waals surface area contributed by atoms with E-state index in [-0.39, 0.29) is 5.91 Å². The topological polar surface area (TPSA) is 46.9 Å². The fourth-order valence-corrected chi connectivity index (χ4v) is 3.88. The van der Waals surface area contributed by atoms with Crippen LogP contribution in [0.2, 0.25) is 0 Å². The molecule has 31 heavy (non-hydrogen) atoms. The Labute approximate surface area is 183 Å². The van der Waals surface area contributed by atoms with Crippen LogP contribution in [-0.2, 0) is 19.5 Å². The van der Waals surface area contributed by atoms with E-state index in [1.165, 1.54) is 11.1 Å². The molecule has 1 aromatic heterocycles. The first-order valence-electron chi connectivity index (χ1n) is 10.6. The number of benzene rings is 3. The van der Waals surface area contributed by atoms with Crippen LogP contribution in [0.25, 0.3) is 0 Å². The second kappa shape index (κ2) is 9.43. The highest BCUT2D eigenvalue weighted by molar-refractivity contribution is 5.95. The lowest BCUT2D eigenvalue weighted by Gasteiger charge is -2.11. The number of rotatable bonds is 7.